The highest BCUT2D eigenvalue weighted by Crippen LogP contribution is 2.29. The molecule has 0 amide bonds. The molecule has 4 heteroatoms. The summed E-state index contributed by atoms with van der Waals surface area (Å²) in [6, 6.07) is 4.80. The van der Waals surface area contributed by atoms with E-state index in [0.29, 0.717) is 0 Å². The second kappa shape index (κ2) is 6.96. The van der Waals surface area contributed by atoms with Crippen LogP contribution < -0.4 is 5.32 Å². The molecule has 2 nitrogen and oxygen atoms in total. The van der Waals surface area contributed by atoms with Gasteiger partial charge in [0.05, 0.1) is 0 Å². The molecule has 1 unspecified atom stereocenters. The molecular weight excluding hydrogens is 324 g/mol. The number of anilines is 1. The van der Waals surface area contributed by atoms with Crippen LogP contribution in [-0.2, 0) is 0 Å². The monoisotopic (exact) mass is 344 g/mol. The van der Waals surface area contributed by atoms with E-state index in [2.05, 4.69) is 39.3 Å². The number of rotatable bonds is 4. The van der Waals surface area contributed by atoms with Crippen LogP contribution in [0.25, 0.3) is 0 Å². The maximum atomic E-state index is 6.17. The molecule has 106 valence electrons. The standard InChI is InChI=1S/C15H22BrClN2/c1-11-9-13(16)15(10-14(11)17)18-7-6-12-5-3-4-8-19(12)2/h9-10,12,18H,3-8H2,1-2H3. The van der Waals surface area contributed by atoms with E-state index in [4.69, 9.17) is 11.6 Å². The number of benzene rings is 1. The number of aryl methyl sites for hydroxylation is 1. The van der Waals surface area contributed by atoms with E-state index in [9.17, 15) is 0 Å². The Labute approximate surface area is 129 Å². The van der Waals surface area contributed by atoms with Gasteiger partial charge in [-0.15, -0.1) is 0 Å². The summed E-state index contributed by atoms with van der Waals surface area (Å²) < 4.78 is 1.09. The predicted octanol–water partition coefficient (Wildman–Crippen LogP) is 4.70. The lowest BCUT2D eigenvalue weighted by molar-refractivity contribution is 0.179. The molecule has 1 aromatic rings. The molecule has 0 bridgehead atoms. The van der Waals surface area contributed by atoms with Gasteiger partial charge in [0.2, 0.25) is 0 Å². The van der Waals surface area contributed by atoms with Crippen LogP contribution in [0.15, 0.2) is 16.6 Å². The maximum absolute atomic E-state index is 6.17. The van der Waals surface area contributed by atoms with Crippen molar-refractivity contribution in [3.8, 4) is 0 Å². The highest BCUT2D eigenvalue weighted by Gasteiger charge is 2.18. The Morgan fingerprint density at radius 2 is 2.21 bits per heavy atom. The fourth-order valence-electron chi connectivity index (χ4n) is 2.66. The molecule has 0 spiro atoms. The van der Waals surface area contributed by atoms with Crippen LogP contribution in [0, 0.1) is 6.92 Å². The lowest BCUT2D eigenvalue weighted by Gasteiger charge is -2.32. The summed E-state index contributed by atoms with van der Waals surface area (Å²) in [7, 11) is 2.24. The minimum atomic E-state index is 0.723. The number of nitrogens with zero attached hydrogens (tertiary/aromatic N) is 1. The van der Waals surface area contributed by atoms with Gasteiger partial charge in [0.25, 0.3) is 0 Å². The topological polar surface area (TPSA) is 15.3 Å². The number of hydrogen-bond acceptors (Lipinski definition) is 2. The number of nitrogens with one attached hydrogen (secondary N) is 1. The largest absolute Gasteiger partial charge is 0.384 e. The molecule has 1 aromatic carbocycles. The van der Waals surface area contributed by atoms with E-state index in [1.54, 1.807) is 0 Å². The fraction of sp³-hybridized carbons (Fsp3) is 0.600. The van der Waals surface area contributed by atoms with Crippen molar-refractivity contribution in [3.05, 3.63) is 27.2 Å². The average molecular weight is 346 g/mol. The predicted molar refractivity (Wildman–Crippen MR) is 87.3 cm³/mol. The van der Waals surface area contributed by atoms with E-state index in [1.165, 1.54) is 32.2 Å². The first-order chi connectivity index (χ1) is 9.08. The molecule has 0 aliphatic carbocycles. The van der Waals surface area contributed by atoms with Crippen molar-refractivity contribution >= 4 is 33.2 Å². The highest BCUT2D eigenvalue weighted by molar-refractivity contribution is 9.10. The number of likely N-dealkylation sites (tertiary alicyclic amines) is 1. The molecule has 1 heterocycles. The summed E-state index contributed by atoms with van der Waals surface area (Å²) in [5.74, 6) is 0. The molecule has 1 fully saturated rings. The number of piperidine rings is 1. The van der Waals surface area contributed by atoms with Gasteiger partial charge in [-0.2, -0.15) is 0 Å². The van der Waals surface area contributed by atoms with Crippen molar-refractivity contribution in [2.75, 3.05) is 25.5 Å². The van der Waals surface area contributed by atoms with Crippen molar-refractivity contribution in [2.24, 2.45) is 0 Å². The quantitative estimate of drug-likeness (QED) is 0.851. The first-order valence-corrected chi connectivity index (χ1v) is 8.15. The summed E-state index contributed by atoms with van der Waals surface area (Å²) in [6.45, 7) is 4.26. The van der Waals surface area contributed by atoms with E-state index >= 15 is 0 Å². The first kappa shape index (κ1) is 15.1. The Morgan fingerprint density at radius 3 is 2.95 bits per heavy atom. The normalized spacial score (nSPS) is 20.5. The zero-order valence-electron chi connectivity index (χ0n) is 11.7. The van der Waals surface area contributed by atoms with Crippen molar-refractivity contribution < 1.29 is 0 Å². The molecule has 2 rings (SSSR count). The van der Waals surface area contributed by atoms with E-state index in [0.717, 1.165) is 33.3 Å². The second-order valence-corrected chi connectivity index (χ2v) is 6.69. The van der Waals surface area contributed by atoms with Gasteiger partial charge >= 0.3 is 0 Å². The van der Waals surface area contributed by atoms with E-state index in [1.807, 2.05) is 13.0 Å². The molecule has 0 saturated carbocycles. The van der Waals surface area contributed by atoms with Crippen LogP contribution in [0.2, 0.25) is 5.02 Å². The van der Waals surface area contributed by atoms with Gasteiger partial charge < -0.3 is 10.2 Å². The molecule has 1 saturated heterocycles. The Balaban J connectivity index is 1.87. The van der Waals surface area contributed by atoms with Gasteiger partial charge in [-0.3, -0.25) is 0 Å². The molecule has 0 radical (unpaired) electrons. The van der Waals surface area contributed by atoms with Gasteiger partial charge in [-0.1, -0.05) is 18.0 Å². The molecule has 1 aliphatic rings. The Kier molecular flexibility index (Phi) is 5.55. The summed E-state index contributed by atoms with van der Waals surface area (Å²) in [5, 5.41) is 4.31. The van der Waals surface area contributed by atoms with Crippen molar-refractivity contribution in [3.63, 3.8) is 0 Å². The van der Waals surface area contributed by atoms with Crippen molar-refractivity contribution in [1.29, 1.82) is 0 Å². The smallest absolute Gasteiger partial charge is 0.0499 e. The molecule has 0 aromatic heterocycles. The van der Waals surface area contributed by atoms with Crippen LogP contribution in [0.3, 0.4) is 0 Å². The third-order valence-electron chi connectivity index (χ3n) is 3.96. The minimum absolute atomic E-state index is 0.723. The van der Waals surface area contributed by atoms with Gasteiger partial charge in [0.15, 0.2) is 0 Å². The highest BCUT2D eigenvalue weighted by atomic mass is 79.9. The maximum Gasteiger partial charge on any atom is 0.0499 e. The summed E-state index contributed by atoms with van der Waals surface area (Å²) in [6.07, 6.45) is 5.23. The molecular formula is C15H22BrClN2. The van der Waals surface area contributed by atoms with Crippen LogP contribution in [-0.4, -0.2) is 31.1 Å². The fourth-order valence-corrected chi connectivity index (χ4v) is 3.43. The zero-order valence-corrected chi connectivity index (χ0v) is 14.0. The Morgan fingerprint density at radius 1 is 1.42 bits per heavy atom. The first-order valence-electron chi connectivity index (χ1n) is 6.97. The number of halogens is 2. The van der Waals surface area contributed by atoms with Gasteiger partial charge in [0, 0.05) is 27.8 Å². The summed E-state index contributed by atoms with van der Waals surface area (Å²) in [5.41, 5.74) is 2.19. The molecule has 1 aliphatic heterocycles. The van der Waals surface area contributed by atoms with Crippen LogP contribution in [0.1, 0.15) is 31.2 Å². The van der Waals surface area contributed by atoms with Crippen molar-refractivity contribution in [2.45, 2.75) is 38.6 Å². The van der Waals surface area contributed by atoms with Crippen molar-refractivity contribution in [1.82, 2.24) is 4.90 Å². The van der Waals surface area contributed by atoms with Crippen LogP contribution in [0.4, 0.5) is 5.69 Å². The van der Waals surface area contributed by atoms with Crippen LogP contribution >= 0.6 is 27.5 Å². The average Bonchev–Trinajstić information content (AvgIpc) is 2.38. The zero-order chi connectivity index (χ0) is 13.8. The number of hydrogen-bond donors (Lipinski definition) is 1. The molecule has 19 heavy (non-hydrogen) atoms. The third-order valence-corrected chi connectivity index (χ3v) is 5.03. The summed E-state index contributed by atoms with van der Waals surface area (Å²) in [4.78, 5) is 2.49. The lowest BCUT2D eigenvalue weighted by atomic mass is 10.0. The Hall–Kier alpha value is -0.250. The lowest BCUT2D eigenvalue weighted by Crippen LogP contribution is -2.37. The second-order valence-electron chi connectivity index (χ2n) is 5.43. The van der Waals surface area contributed by atoms with Gasteiger partial charge in [-0.25, -0.2) is 0 Å². The van der Waals surface area contributed by atoms with E-state index in [-0.39, 0.29) is 0 Å². The molecule has 1 atom stereocenters. The molecule has 1 N–H and O–H groups in total. The SMILES string of the molecule is Cc1cc(Br)c(NCCC2CCCCN2C)cc1Cl. The Bertz CT molecular complexity index is 436. The van der Waals surface area contributed by atoms with E-state index < -0.39 is 0 Å². The van der Waals surface area contributed by atoms with Gasteiger partial charge in [0.1, 0.15) is 0 Å². The van der Waals surface area contributed by atoms with Gasteiger partial charge in [-0.05, 0) is 73.4 Å². The third kappa shape index (κ3) is 4.11. The summed E-state index contributed by atoms with van der Waals surface area (Å²) >= 11 is 9.76. The van der Waals surface area contributed by atoms with Crippen LogP contribution in [0.5, 0.6) is 0 Å². The minimum Gasteiger partial charge on any atom is -0.384 e.